The lowest BCUT2D eigenvalue weighted by molar-refractivity contribution is 0.00578. The Hall–Kier alpha value is -1.61. The van der Waals surface area contributed by atoms with E-state index in [2.05, 4.69) is 20.9 Å². The zero-order chi connectivity index (χ0) is 19.7. The molecule has 2 aliphatic heterocycles. The Morgan fingerprint density at radius 3 is 2.29 bits per heavy atom. The van der Waals surface area contributed by atoms with Crippen LogP contribution in [0.5, 0.6) is 0 Å². The number of hydrogen-bond donors (Lipinski definition) is 1. The average molecular weight is 397 g/mol. The molecule has 5 rings (SSSR count). The second-order valence-electron chi connectivity index (χ2n) is 9.04. The molecule has 8 heteroatoms. The van der Waals surface area contributed by atoms with Crippen LogP contribution in [0.25, 0.3) is 0 Å². The highest BCUT2D eigenvalue weighted by Crippen LogP contribution is 2.58. The van der Waals surface area contributed by atoms with Gasteiger partial charge in [-0.2, -0.15) is 0 Å². The summed E-state index contributed by atoms with van der Waals surface area (Å²) in [5.41, 5.74) is 2.70. The van der Waals surface area contributed by atoms with Crippen LogP contribution in [0.4, 0.5) is 11.6 Å². The predicted octanol–water partition coefficient (Wildman–Crippen LogP) is 3.52. The summed E-state index contributed by atoms with van der Waals surface area (Å²) in [7, 11) is -0.461. The van der Waals surface area contributed by atoms with Crippen molar-refractivity contribution < 1.29 is 13.9 Å². The van der Waals surface area contributed by atoms with E-state index in [1.165, 1.54) is 18.4 Å². The van der Waals surface area contributed by atoms with Crippen LogP contribution in [0, 0.1) is 0 Å². The van der Waals surface area contributed by atoms with Crippen molar-refractivity contribution in [1.29, 1.82) is 0 Å². The van der Waals surface area contributed by atoms with E-state index in [0.717, 1.165) is 34.6 Å². The van der Waals surface area contributed by atoms with E-state index >= 15 is 0 Å². The first kappa shape index (κ1) is 18.4. The molecule has 0 radical (unpaired) electrons. The van der Waals surface area contributed by atoms with Crippen molar-refractivity contribution in [2.45, 2.75) is 62.0 Å². The fourth-order valence-corrected chi connectivity index (χ4v) is 4.33. The summed E-state index contributed by atoms with van der Waals surface area (Å²) in [5.74, 6) is 0.672. The summed E-state index contributed by atoms with van der Waals surface area (Å²) in [6.07, 6.45) is 5.97. The van der Waals surface area contributed by atoms with Crippen molar-refractivity contribution in [3.8, 4) is 0 Å². The maximum atomic E-state index is 9.45. The van der Waals surface area contributed by atoms with Crippen LogP contribution < -0.4 is 10.4 Å². The van der Waals surface area contributed by atoms with Gasteiger partial charge in [0.25, 0.3) is 0 Å². The Morgan fingerprint density at radius 1 is 1.07 bits per heavy atom. The molecule has 0 unspecified atom stereocenters. The molecule has 1 saturated carbocycles. The minimum Gasteiger partial charge on any atom is -0.399 e. The highest BCUT2D eigenvalue weighted by atomic mass is 32.2. The first-order chi connectivity index (χ1) is 13.2. The van der Waals surface area contributed by atoms with Gasteiger partial charge in [0.05, 0.1) is 11.2 Å². The molecule has 1 aliphatic carbocycles. The third kappa shape index (κ3) is 2.69. The maximum absolute atomic E-state index is 9.45. The Labute approximate surface area is 170 Å². The average Bonchev–Trinajstić information content (AvgIpc) is 3.32. The number of fused-ring (bicyclic) bond motifs is 2. The van der Waals surface area contributed by atoms with Gasteiger partial charge in [-0.3, -0.25) is 0 Å². The van der Waals surface area contributed by atoms with E-state index in [-0.39, 0.29) is 16.6 Å². The third-order valence-corrected chi connectivity index (χ3v) is 7.14. The van der Waals surface area contributed by atoms with Crippen molar-refractivity contribution in [3.63, 3.8) is 0 Å². The zero-order valence-electron chi connectivity index (χ0n) is 16.6. The van der Waals surface area contributed by atoms with E-state index in [9.17, 15) is 4.55 Å². The molecule has 2 fully saturated rings. The molecular weight excluding hydrogens is 373 g/mol. The quantitative estimate of drug-likeness (QED) is 0.628. The first-order valence-corrected chi connectivity index (χ1v) is 10.4. The van der Waals surface area contributed by atoms with Gasteiger partial charge < -0.3 is 18.8 Å². The van der Waals surface area contributed by atoms with Crippen LogP contribution >= 0.6 is 12.0 Å². The lowest BCUT2D eigenvalue weighted by Crippen LogP contribution is -2.41. The van der Waals surface area contributed by atoms with Gasteiger partial charge in [0, 0.05) is 52.4 Å². The predicted molar refractivity (Wildman–Crippen MR) is 111 cm³/mol. The van der Waals surface area contributed by atoms with Gasteiger partial charge in [0.15, 0.2) is 0 Å². The van der Waals surface area contributed by atoms with Crippen LogP contribution in [0.15, 0.2) is 35.5 Å². The molecular formula is C20H24BN3O3S. The summed E-state index contributed by atoms with van der Waals surface area (Å²) in [5, 5.41) is 0. The largest absolute Gasteiger partial charge is 0.498 e. The van der Waals surface area contributed by atoms with Crippen molar-refractivity contribution in [1.82, 2.24) is 9.97 Å². The second kappa shape index (κ2) is 5.95. The third-order valence-electron chi connectivity index (χ3n) is 6.68. The van der Waals surface area contributed by atoms with Gasteiger partial charge in [-0.15, -0.1) is 0 Å². The van der Waals surface area contributed by atoms with Gasteiger partial charge >= 0.3 is 7.12 Å². The van der Waals surface area contributed by atoms with E-state index in [1.54, 1.807) is 12.4 Å². The lowest BCUT2D eigenvalue weighted by Gasteiger charge is -2.32. The molecule has 28 heavy (non-hydrogen) atoms. The molecule has 2 aromatic rings. The first-order valence-electron chi connectivity index (χ1n) is 9.66. The number of hydrogen-bond acceptors (Lipinski definition) is 7. The van der Waals surface area contributed by atoms with Gasteiger partial charge in [0.1, 0.15) is 0 Å². The molecule has 1 saturated heterocycles. The topological polar surface area (TPSA) is 67.7 Å². The Kier molecular flexibility index (Phi) is 3.92. The molecule has 6 nitrogen and oxygen atoms in total. The zero-order valence-corrected chi connectivity index (χ0v) is 17.4. The molecule has 146 valence electrons. The summed E-state index contributed by atoms with van der Waals surface area (Å²) >= 11 is 0.771. The van der Waals surface area contributed by atoms with Crippen LogP contribution in [0.3, 0.4) is 0 Å². The number of rotatable bonds is 3. The van der Waals surface area contributed by atoms with Gasteiger partial charge in [-0.1, -0.05) is 6.07 Å². The highest BCUT2D eigenvalue weighted by molar-refractivity contribution is 7.93. The summed E-state index contributed by atoms with van der Waals surface area (Å²) in [4.78, 5) is 12.3. The number of aromatic nitrogens is 2. The Morgan fingerprint density at radius 2 is 1.71 bits per heavy atom. The molecule has 1 aromatic carbocycles. The smallest absolute Gasteiger partial charge is 0.399 e. The summed E-state index contributed by atoms with van der Waals surface area (Å²) in [6.45, 7) is 9.03. The van der Waals surface area contributed by atoms with Crippen molar-refractivity contribution in [3.05, 3.63) is 36.2 Å². The fraction of sp³-hybridized carbons (Fsp3) is 0.500. The monoisotopic (exact) mass is 397 g/mol. The molecule has 0 atom stereocenters. The molecule has 1 N–H and O–H groups in total. The van der Waals surface area contributed by atoms with Crippen molar-refractivity contribution >= 4 is 36.3 Å². The van der Waals surface area contributed by atoms with Crippen LogP contribution in [-0.4, -0.2) is 39.4 Å². The van der Waals surface area contributed by atoms with Gasteiger partial charge in [-0.25, -0.2) is 9.97 Å². The normalized spacial score (nSPS) is 23.3. The molecule has 0 amide bonds. The van der Waals surface area contributed by atoms with E-state index in [1.807, 2.05) is 39.8 Å². The minimum atomic E-state index is -0.461. The summed E-state index contributed by atoms with van der Waals surface area (Å²) < 4.78 is 21.7. The number of nitrogens with zero attached hydrogens (tertiary/aromatic N) is 3. The van der Waals surface area contributed by atoms with Crippen molar-refractivity contribution in [2.24, 2.45) is 0 Å². The van der Waals surface area contributed by atoms with Crippen LogP contribution in [-0.2, 0) is 14.7 Å². The lowest BCUT2D eigenvalue weighted by atomic mass is 9.81. The second-order valence-corrected chi connectivity index (χ2v) is 9.70. The van der Waals surface area contributed by atoms with E-state index < -0.39 is 7.12 Å². The SMILES string of the molecule is CC1(C)OB(c2cnc(N3CC4(CC4)c4ccc(SO)cc43)nc2)OC1(C)C. The standard InChI is InChI=1S/C20H24BN3O3S/c1-18(2)19(3,4)27-21(26-18)13-10-22-17(23-11-13)24-12-20(7-8-20)15-6-5-14(28-25)9-16(15)24/h5-6,9-11,25H,7-8,12H2,1-4H3. The molecule has 0 bridgehead atoms. The molecule has 3 aliphatic rings. The van der Waals surface area contributed by atoms with Crippen LogP contribution in [0.2, 0.25) is 0 Å². The van der Waals surface area contributed by atoms with E-state index in [4.69, 9.17) is 9.31 Å². The molecule has 1 aromatic heterocycles. The highest BCUT2D eigenvalue weighted by Gasteiger charge is 2.53. The summed E-state index contributed by atoms with van der Waals surface area (Å²) in [6, 6.07) is 6.15. The van der Waals surface area contributed by atoms with E-state index in [0.29, 0.717) is 5.95 Å². The Balaban J connectivity index is 1.44. The molecule has 1 spiro atoms. The number of anilines is 2. The Bertz CT molecular complexity index is 915. The van der Waals surface area contributed by atoms with Gasteiger partial charge in [0.2, 0.25) is 5.95 Å². The van der Waals surface area contributed by atoms with Crippen LogP contribution in [0.1, 0.15) is 46.1 Å². The van der Waals surface area contributed by atoms with Crippen molar-refractivity contribution in [2.75, 3.05) is 11.4 Å². The minimum absolute atomic E-state index is 0.224. The molecule has 3 heterocycles. The van der Waals surface area contributed by atoms with Gasteiger partial charge in [-0.05, 0) is 58.2 Å². The maximum Gasteiger partial charge on any atom is 0.498 e. The fourth-order valence-electron chi connectivity index (χ4n) is 4.04. The number of benzene rings is 1.